The van der Waals surface area contributed by atoms with Gasteiger partial charge < -0.3 is 15.5 Å². The minimum Gasteiger partial charge on any atom is -0.325 e. The van der Waals surface area contributed by atoms with Crippen LogP contribution in [0, 0.1) is 5.92 Å². The number of hydrogen-bond acceptors (Lipinski definition) is 4. The Bertz CT molecular complexity index is 419. The molecule has 0 spiro atoms. The van der Waals surface area contributed by atoms with E-state index in [1.54, 1.807) is 18.3 Å². The molecule has 4 nitrogen and oxygen atoms in total. The van der Waals surface area contributed by atoms with Crippen LogP contribution in [-0.2, 0) is 11.3 Å². The molecule has 1 aliphatic heterocycles. The normalized spacial score (nSPS) is 20.4. The second-order valence-corrected chi connectivity index (χ2v) is 6.34. The van der Waals surface area contributed by atoms with E-state index in [-0.39, 0.29) is 5.91 Å². The summed E-state index contributed by atoms with van der Waals surface area (Å²) in [5, 5.41) is 8.42. The molecule has 0 bridgehead atoms. The molecule has 1 atom stereocenters. The van der Waals surface area contributed by atoms with Gasteiger partial charge in [0.2, 0.25) is 5.91 Å². The number of rotatable bonds is 5. The molecule has 0 aliphatic carbocycles. The van der Waals surface area contributed by atoms with Crippen molar-refractivity contribution in [1.82, 2.24) is 10.2 Å². The van der Waals surface area contributed by atoms with Crippen molar-refractivity contribution in [1.29, 1.82) is 0 Å². The van der Waals surface area contributed by atoms with Crippen LogP contribution in [0.15, 0.2) is 11.4 Å². The molecule has 0 aromatic carbocycles. The zero-order chi connectivity index (χ0) is 13.7. The lowest BCUT2D eigenvalue weighted by Crippen LogP contribution is -2.37. The van der Waals surface area contributed by atoms with Crippen LogP contribution in [-0.4, -0.2) is 37.5 Å². The molecule has 1 aromatic heterocycles. The molecule has 1 aliphatic rings. The van der Waals surface area contributed by atoms with Crippen molar-refractivity contribution in [3.8, 4) is 0 Å². The van der Waals surface area contributed by atoms with E-state index >= 15 is 0 Å². The summed E-state index contributed by atoms with van der Waals surface area (Å²) in [7, 11) is 2.19. The van der Waals surface area contributed by atoms with Crippen molar-refractivity contribution in [3.63, 3.8) is 0 Å². The average molecular weight is 281 g/mol. The fourth-order valence-corrected chi connectivity index (χ4v) is 3.41. The zero-order valence-electron chi connectivity index (χ0n) is 11.7. The van der Waals surface area contributed by atoms with Crippen molar-refractivity contribution < 1.29 is 4.79 Å². The smallest absolute Gasteiger partial charge is 0.221 e. The van der Waals surface area contributed by atoms with E-state index in [9.17, 15) is 4.79 Å². The summed E-state index contributed by atoms with van der Waals surface area (Å²) in [4.78, 5) is 14.7. The molecule has 2 heterocycles. The van der Waals surface area contributed by atoms with Gasteiger partial charge in [0.1, 0.15) is 0 Å². The summed E-state index contributed by atoms with van der Waals surface area (Å²) in [6.07, 6.45) is 2.62. The summed E-state index contributed by atoms with van der Waals surface area (Å²) in [6.45, 7) is 5.87. The molecule has 1 aromatic rings. The molecule has 106 valence electrons. The van der Waals surface area contributed by atoms with E-state index in [1.165, 1.54) is 30.8 Å². The third-order valence-corrected chi connectivity index (χ3v) is 4.42. The Labute approximate surface area is 119 Å². The van der Waals surface area contributed by atoms with Gasteiger partial charge in [-0.15, -0.1) is 11.3 Å². The van der Waals surface area contributed by atoms with E-state index in [0.29, 0.717) is 0 Å². The molecule has 5 heteroatoms. The van der Waals surface area contributed by atoms with Crippen molar-refractivity contribution in [2.24, 2.45) is 5.92 Å². The highest BCUT2D eigenvalue weighted by molar-refractivity contribution is 7.10. The summed E-state index contributed by atoms with van der Waals surface area (Å²) >= 11 is 1.69. The minimum absolute atomic E-state index is 0.00597. The monoisotopic (exact) mass is 281 g/mol. The second kappa shape index (κ2) is 7.03. The van der Waals surface area contributed by atoms with Crippen LogP contribution in [0.5, 0.6) is 0 Å². The van der Waals surface area contributed by atoms with Crippen molar-refractivity contribution in [2.45, 2.75) is 26.3 Å². The lowest BCUT2D eigenvalue weighted by molar-refractivity contribution is -0.114. The maximum Gasteiger partial charge on any atom is 0.221 e. The summed E-state index contributed by atoms with van der Waals surface area (Å²) in [6, 6.07) is 1.97. The quantitative estimate of drug-likeness (QED) is 0.869. The van der Waals surface area contributed by atoms with Gasteiger partial charge in [-0.2, -0.15) is 0 Å². The Balaban J connectivity index is 1.76. The van der Waals surface area contributed by atoms with Gasteiger partial charge in [0, 0.05) is 24.9 Å². The summed E-state index contributed by atoms with van der Waals surface area (Å²) < 4.78 is 0. The Morgan fingerprint density at radius 3 is 3.16 bits per heavy atom. The van der Waals surface area contributed by atoms with Gasteiger partial charge in [0.05, 0.1) is 5.69 Å². The van der Waals surface area contributed by atoms with Gasteiger partial charge in [-0.05, 0) is 50.3 Å². The Morgan fingerprint density at radius 1 is 1.58 bits per heavy atom. The highest BCUT2D eigenvalue weighted by Crippen LogP contribution is 2.22. The highest BCUT2D eigenvalue weighted by Gasteiger charge is 2.16. The van der Waals surface area contributed by atoms with Gasteiger partial charge in [-0.3, -0.25) is 4.79 Å². The molecule has 1 amide bonds. The topological polar surface area (TPSA) is 44.4 Å². The van der Waals surface area contributed by atoms with Crippen molar-refractivity contribution in [2.75, 3.05) is 32.0 Å². The first-order valence-corrected chi connectivity index (χ1v) is 7.76. The summed E-state index contributed by atoms with van der Waals surface area (Å²) in [5.74, 6) is 0.747. The number of nitrogens with zero attached hydrogens (tertiary/aromatic N) is 1. The highest BCUT2D eigenvalue weighted by atomic mass is 32.1. The van der Waals surface area contributed by atoms with Gasteiger partial charge in [0.15, 0.2) is 0 Å². The van der Waals surface area contributed by atoms with Crippen molar-refractivity contribution in [3.05, 3.63) is 16.3 Å². The molecule has 1 saturated heterocycles. The van der Waals surface area contributed by atoms with Crippen LogP contribution in [0.4, 0.5) is 5.69 Å². The third-order valence-electron chi connectivity index (χ3n) is 3.50. The summed E-state index contributed by atoms with van der Waals surface area (Å²) in [5.41, 5.74) is 0.950. The van der Waals surface area contributed by atoms with Crippen molar-refractivity contribution >= 4 is 22.9 Å². The van der Waals surface area contributed by atoms with E-state index in [4.69, 9.17) is 0 Å². The largest absolute Gasteiger partial charge is 0.325 e. The second-order valence-electron chi connectivity index (χ2n) is 5.34. The van der Waals surface area contributed by atoms with E-state index < -0.39 is 0 Å². The van der Waals surface area contributed by atoms with Crippen LogP contribution in [0.3, 0.4) is 0 Å². The fourth-order valence-electron chi connectivity index (χ4n) is 2.61. The van der Waals surface area contributed by atoms with E-state index in [1.807, 2.05) is 11.4 Å². The molecule has 1 fully saturated rings. The molecule has 19 heavy (non-hydrogen) atoms. The third kappa shape index (κ3) is 4.60. The molecule has 2 rings (SSSR count). The minimum atomic E-state index is -0.00597. The number of piperidine rings is 1. The van der Waals surface area contributed by atoms with Crippen LogP contribution >= 0.6 is 11.3 Å². The van der Waals surface area contributed by atoms with Crippen LogP contribution in [0.25, 0.3) is 0 Å². The molecular weight excluding hydrogens is 258 g/mol. The van der Waals surface area contributed by atoms with Crippen LogP contribution in [0.1, 0.15) is 24.6 Å². The van der Waals surface area contributed by atoms with Gasteiger partial charge >= 0.3 is 0 Å². The lowest BCUT2D eigenvalue weighted by atomic mass is 9.98. The predicted molar refractivity (Wildman–Crippen MR) is 80.6 cm³/mol. The Hall–Kier alpha value is -0.910. The SMILES string of the molecule is CC(=O)Nc1ccsc1CNCC1CCCN(C)C1. The lowest BCUT2D eigenvalue weighted by Gasteiger charge is -2.29. The van der Waals surface area contributed by atoms with Gasteiger partial charge in [-0.25, -0.2) is 0 Å². The maximum absolute atomic E-state index is 11.1. The fraction of sp³-hybridized carbons (Fsp3) is 0.643. The number of likely N-dealkylation sites (tertiary alicyclic amines) is 1. The van der Waals surface area contributed by atoms with Gasteiger partial charge in [0.25, 0.3) is 0 Å². The number of carbonyl (C=O) groups is 1. The predicted octanol–water partition coefficient (Wildman–Crippen LogP) is 2.14. The van der Waals surface area contributed by atoms with Crippen LogP contribution in [0.2, 0.25) is 0 Å². The Kier molecular flexibility index (Phi) is 5.36. The number of amides is 1. The molecular formula is C14H23N3OS. The number of nitrogens with one attached hydrogen (secondary N) is 2. The maximum atomic E-state index is 11.1. The van der Waals surface area contributed by atoms with E-state index in [2.05, 4.69) is 22.6 Å². The first-order valence-electron chi connectivity index (χ1n) is 6.88. The molecule has 0 radical (unpaired) electrons. The Morgan fingerprint density at radius 2 is 2.42 bits per heavy atom. The van der Waals surface area contributed by atoms with Gasteiger partial charge in [-0.1, -0.05) is 0 Å². The van der Waals surface area contributed by atoms with Crippen LogP contribution < -0.4 is 10.6 Å². The zero-order valence-corrected chi connectivity index (χ0v) is 12.6. The molecule has 2 N–H and O–H groups in total. The van der Waals surface area contributed by atoms with E-state index in [0.717, 1.165) is 24.7 Å². The standard InChI is InChI=1S/C14H23N3OS/c1-11(18)16-13-5-7-19-14(13)9-15-8-12-4-3-6-17(2)10-12/h5,7,12,15H,3-4,6,8-10H2,1-2H3,(H,16,18). The number of thiophene rings is 1. The average Bonchev–Trinajstić information content (AvgIpc) is 2.76. The molecule has 0 saturated carbocycles. The number of hydrogen-bond donors (Lipinski definition) is 2. The first kappa shape index (κ1) is 14.5. The first-order chi connectivity index (χ1) is 9.15. The number of carbonyl (C=O) groups excluding carboxylic acids is 1. The molecule has 1 unspecified atom stereocenters. The number of anilines is 1.